The summed E-state index contributed by atoms with van der Waals surface area (Å²) in [6.07, 6.45) is 3.94. The van der Waals surface area contributed by atoms with Gasteiger partial charge in [0.1, 0.15) is 17.6 Å². The van der Waals surface area contributed by atoms with Crippen LogP contribution in [0.5, 0.6) is 0 Å². The van der Waals surface area contributed by atoms with Gasteiger partial charge in [-0.1, -0.05) is 44.2 Å². The normalized spacial score (nSPS) is 15.4. The van der Waals surface area contributed by atoms with Crippen LogP contribution in [0.25, 0.3) is 0 Å². The molecule has 4 rings (SSSR count). The van der Waals surface area contributed by atoms with Gasteiger partial charge in [0.05, 0.1) is 12.3 Å². The SMILES string of the molecule is CCOC(=O)C1=NN(c2ccccc2)C(C(=O)Nc2cccc(Cn3ccnc3C(C)C)c2)C1. The highest BCUT2D eigenvalue weighted by Crippen LogP contribution is 2.26. The number of nitrogens with zero attached hydrogens (tertiary/aromatic N) is 4. The minimum atomic E-state index is -0.661. The van der Waals surface area contributed by atoms with E-state index in [2.05, 4.69) is 33.8 Å². The highest BCUT2D eigenvalue weighted by atomic mass is 16.5. The molecule has 0 saturated carbocycles. The summed E-state index contributed by atoms with van der Waals surface area (Å²) < 4.78 is 7.22. The fourth-order valence-electron chi connectivity index (χ4n) is 4.00. The van der Waals surface area contributed by atoms with Gasteiger partial charge in [-0.25, -0.2) is 9.78 Å². The molecule has 0 spiro atoms. The maximum absolute atomic E-state index is 13.3. The average Bonchev–Trinajstić information content (AvgIpc) is 3.48. The van der Waals surface area contributed by atoms with E-state index in [-0.39, 0.29) is 24.6 Å². The molecule has 1 N–H and O–H groups in total. The molecule has 2 heterocycles. The first-order valence-electron chi connectivity index (χ1n) is 11.5. The van der Waals surface area contributed by atoms with Crippen molar-refractivity contribution in [3.63, 3.8) is 0 Å². The number of hydrogen-bond acceptors (Lipinski definition) is 6. The van der Waals surface area contributed by atoms with Gasteiger partial charge in [0.25, 0.3) is 0 Å². The fourth-order valence-corrected chi connectivity index (χ4v) is 4.00. The fraction of sp³-hybridized carbons (Fsp3) is 0.308. The van der Waals surface area contributed by atoms with Crippen LogP contribution in [-0.2, 0) is 20.9 Å². The lowest BCUT2D eigenvalue weighted by atomic mass is 10.1. The second-order valence-electron chi connectivity index (χ2n) is 8.42. The molecule has 3 aromatic rings. The van der Waals surface area contributed by atoms with Crippen molar-refractivity contribution in [2.45, 2.75) is 45.7 Å². The number of benzene rings is 2. The Hall–Kier alpha value is -3.94. The van der Waals surface area contributed by atoms with E-state index in [0.29, 0.717) is 18.2 Å². The van der Waals surface area contributed by atoms with Crippen LogP contribution in [0.1, 0.15) is 44.5 Å². The molecule has 1 atom stereocenters. The molecule has 176 valence electrons. The van der Waals surface area contributed by atoms with Crippen LogP contribution < -0.4 is 10.3 Å². The van der Waals surface area contributed by atoms with Crippen LogP contribution >= 0.6 is 0 Å². The zero-order valence-corrected chi connectivity index (χ0v) is 19.6. The Balaban J connectivity index is 1.51. The Kier molecular flexibility index (Phi) is 7.06. The summed E-state index contributed by atoms with van der Waals surface area (Å²) in [6.45, 7) is 6.88. The third-order valence-corrected chi connectivity index (χ3v) is 5.56. The van der Waals surface area contributed by atoms with Gasteiger partial charge in [-0.3, -0.25) is 9.80 Å². The standard InChI is InChI=1S/C26H29N5O3/c1-4-34-26(33)22-16-23(31(29-22)21-11-6-5-7-12-21)25(32)28-20-10-8-9-19(15-20)17-30-14-13-27-24(30)18(2)3/h5-15,18,23H,4,16-17H2,1-3H3,(H,28,32). The number of ether oxygens (including phenoxy) is 1. The van der Waals surface area contributed by atoms with Crippen LogP contribution in [-0.4, -0.2) is 39.8 Å². The van der Waals surface area contributed by atoms with Crippen molar-refractivity contribution >= 4 is 29.0 Å². The lowest BCUT2D eigenvalue weighted by molar-refractivity contribution is -0.135. The van der Waals surface area contributed by atoms with E-state index in [9.17, 15) is 9.59 Å². The topological polar surface area (TPSA) is 88.8 Å². The second-order valence-corrected chi connectivity index (χ2v) is 8.42. The first-order chi connectivity index (χ1) is 16.5. The Labute approximate surface area is 199 Å². The number of para-hydroxylation sites is 1. The predicted molar refractivity (Wildman–Crippen MR) is 132 cm³/mol. The summed E-state index contributed by atoms with van der Waals surface area (Å²) in [5.74, 6) is 0.594. The number of hydrazone groups is 1. The molecule has 0 saturated heterocycles. The van der Waals surface area contributed by atoms with Crippen LogP contribution in [0.2, 0.25) is 0 Å². The number of carbonyl (C=O) groups excluding carboxylic acids is 2. The van der Waals surface area contributed by atoms with E-state index in [1.165, 1.54) is 0 Å². The van der Waals surface area contributed by atoms with Gasteiger partial charge in [0, 0.05) is 37.0 Å². The van der Waals surface area contributed by atoms with Crippen molar-refractivity contribution in [2.24, 2.45) is 5.10 Å². The van der Waals surface area contributed by atoms with Crippen molar-refractivity contribution in [1.82, 2.24) is 9.55 Å². The van der Waals surface area contributed by atoms with E-state index < -0.39 is 12.0 Å². The smallest absolute Gasteiger partial charge is 0.354 e. The molecule has 1 unspecified atom stereocenters. The zero-order chi connectivity index (χ0) is 24.1. The first kappa shape index (κ1) is 23.2. The molecule has 1 aliphatic rings. The third kappa shape index (κ3) is 5.17. The number of aromatic nitrogens is 2. The highest BCUT2D eigenvalue weighted by molar-refractivity contribution is 6.38. The molecule has 8 heteroatoms. The monoisotopic (exact) mass is 459 g/mol. The van der Waals surface area contributed by atoms with Crippen molar-refractivity contribution in [3.05, 3.63) is 78.4 Å². The number of nitrogens with one attached hydrogen (secondary N) is 1. The maximum Gasteiger partial charge on any atom is 0.354 e. The minimum Gasteiger partial charge on any atom is -0.461 e. The second kappa shape index (κ2) is 10.3. The number of hydrogen-bond donors (Lipinski definition) is 1. The summed E-state index contributed by atoms with van der Waals surface area (Å²) in [5.41, 5.74) is 2.71. The Morgan fingerprint density at radius 2 is 1.94 bits per heavy atom. The Morgan fingerprint density at radius 1 is 1.15 bits per heavy atom. The molecule has 8 nitrogen and oxygen atoms in total. The summed E-state index contributed by atoms with van der Waals surface area (Å²) >= 11 is 0. The highest BCUT2D eigenvalue weighted by Gasteiger charge is 2.36. The Bertz CT molecular complexity index is 1190. The van der Waals surface area contributed by atoms with Gasteiger partial charge in [-0.05, 0) is 36.8 Å². The summed E-state index contributed by atoms with van der Waals surface area (Å²) in [7, 11) is 0. The van der Waals surface area contributed by atoms with Gasteiger partial charge < -0.3 is 14.6 Å². The number of amides is 1. The molecule has 0 aliphatic carbocycles. The lowest BCUT2D eigenvalue weighted by Gasteiger charge is -2.23. The third-order valence-electron chi connectivity index (χ3n) is 5.56. The number of anilines is 2. The summed E-state index contributed by atoms with van der Waals surface area (Å²) in [4.78, 5) is 30.0. The van der Waals surface area contributed by atoms with E-state index in [1.807, 2.05) is 60.8 Å². The van der Waals surface area contributed by atoms with Crippen molar-refractivity contribution in [2.75, 3.05) is 16.9 Å². The van der Waals surface area contributed by atoms with Crippen molar-refractivity contribution < 1.29 is 14.3 Å². The summed E-state index contributed by atoms with van der Waals surface area (Å²) in [5, 5.41) is 9.01. The van der Waals surface area contributed by atoms with Gasteiger partial charge in [-0.2, -0.15) is 5.10 Å². The maximum atomic E-state index is 13.3. The van der Waals surface area contributed by atoms with Gasteiger partial charge in [0.15, 0.2) is 0 Å². The van der Waals surface area contributed by atoms with Crippen molar-refractivity contribution in [1.29, 1.82) is 0 Å². The molecule has 1 aliphatic heterocycles. The molecule has 1 amide bonds. The molecule has 0 bridgehead atoms. The van der Waals surface area contributed by atoms with E-state index in [0.717, 1.165) is 17.1 Å². The summed E-state index contributed by atoms with van der Waals surface area (Å²) in [6, 6.07) is 16.4. The number of imidazole rings is 1. The van der Waals surface area contributed by atoms with Crippen molar-refractivity contribution in [3.8, 4) is 0 Å². The molecule has 0 radical (unpaired) electrons. The van der Waals surface area contributed by atoms with Gasteiger partial charge >= 0.3 is 5.97 Å². The molecular formula is C26H29N5O3. The van der Waals surface area contributed by atoms with Crippen LogP contribution in [0.15, 0.2) is 72.1 Å². The Morgan fingerprint density at radius 3 is 2.68 bits per heavy atom. The first-order valence-corrected chi connectivity index (χ1v) is 11.5. The quantitative estimate of drug-likeness (QED) is 0.510. The van der Waals surface area contributed by atoms with Crippen LogP contribution in [0.4, 0.5) is 11.4 Å². The van der Waals surface area contributed by atoms with Gasteiger partial charge in [-0.15, -0.1) is 0 Å². The van der Waals surface area contributed by atoms with Crippen LogP contribution in [0, 0.1) is 0 Å². The van der Waals surface area contributed by atoms with E-state index in [1.54, 1.807) is 18.1 Å². The predicted octanol–water partition coefficient (Wildman–Crippen LogP) is 4.19. The molecular weight excluding hydrogens is 430 g/mol. The van der Waals surface area contributed by atoms with E-state index >= 15 is 0 Å². The minimum absolute atomic E-state index is 0.173. The average molecular weight is 460 g/mol. The zero-order valence-electron chi connectivity index (χ0n) is 19.6. The number of carbonyl (C=O) groups is 2. The molecule has 1 aromatic heterocycles. The van der Waals surface area contributed by atoms with Crippen LogP contribution in [0.3, 0.4) is 0 Å². The largest absolute Gasteiger partial charge is 0.461 e. The number of esters is 1. The molecule has 34 heavy (non-hydrogen) atoms. The molecule has 0 fully saturated rings. The lowest BCUT2D eigenvalue weighted by Crippen LogP contribution is -2.38. The number of rotatable bonds is 8. The van der Waals surface area contributed by atoms with Gasteiger partial charge in [0.2, 0.25) is 5.91 Å². The molecule has 2 aromatic carbocycles. The van der Waals surface area contributed by atoms with E-state index in [4.69, 9.17) is 4.74 Å².